The summed E-state index contributed by atoms with van der Waals surface area (Å²) in [6.45, 7) is 13.2. The zero-order chi connectivity index (χ0) is 50.3. The Hall–Kier alpha value is -5.61. The molecule has 5 atom stereocenters. The number of carbonyl (C=O) groups excluding carboxylic acids is 4. The summed E-state index contributed by atoms with van der Waals surface area (Å²) in [5.74, 6) is -0.674. The number of nitrogens with one attached hydrogen (secondary N) is 3. The summed E-state index contributed by atoms with van der Waals surface area (Å²) in [6, 6.07) is 17.3. The van der Waals surface area contributed by atoms with Crippen LogP contribution in [0.3, 0.4) is 0 Å². The van der Waals surface area contributed by atoms with Gasteiger partial charge in [-0.1, -0.05) is 45.0 Å². The van der Waals surface area contributed by atoms with Gasteiger partial charge in [-0.05, 0) is 138 Å². The number of hydrogen-bond acceptors (Lipinski definition) is 10. The van der Waals surface area contributed by atoms with Gasteiger partial charge in [0.15, 0.2) is 5.11 Å². The smallest absolute Gasteiger partial charge is 0.417 e. The Labute approximate surface area is 408 Å². The molecule has 14 nitrogen and oxygen atoms in total. The number of benzene rings is 3. The number of amides is 4. The topological polar surface area (TPSA) is 166 Å². The molecule has 3 aromatic carbocycles. The van der Waals surface area contributed by atoms with Crippen molar-refractivity contribution in [3.8, 4) is 11.8 Å². The van der Waals surface area contributed by atoms with Crippen LogP contribution >= 0.6 is 12.2 Å². The highest BCUT2D eigenvalue weighted by Gasteiger charge is 2.51. The predicted molar refractivity (Wildman–Crippen MR) is 259 cm³/mol. The van der Waals surface area contributed by atoms with Crippen LogP contribution in [0.5, 0.6) is 5.75 Å². The summed E-state index contributed by atoms with van der Waals surface area (Å²) < 4.78 is 59.4. The number of rotatable bonds is 20. The fraction of sp³-hybridized carbons (Fsp3) is 0.529. The van der Waals surface area contributed by atoms with E-state index in [0.29, 0.717) is 70.1 Å². The van der Waals surface area contributed by atoms with Gasteiger partial charge >= 0.3 is 6.18 Å². The zero-order valence-corrected chi connectivity index (χ0v) is 41.2. The molecule has 3 aromatic rings. The van der Waals surface area contributed by atoms with E-state index in [9.17, 15) is 37.6 Å². The minimum atomic E-state index is -4.79. The minimum Gasteiger partial charge on any atom is -0.494 e. The third-order valence-corrected chi connectivity index (χ3v) is 13.3. The molecule has 3 N–H and O–H groups in total. The fourth-order valence-electron chi connectivity index (χ4n) is 8.97. The molecule has 2 fully saturated rings. The molecule has 1 aliphatic carbocycles. The number of anilines is 2. The van der Waals surface area contributed by atoms with Crippen molar-refractivity contribution >= 4 is 52.3 Å². The van der Waals surface area contributed by atoms with Crippen LogP contribution in [0.1, 0.15) is 108 Å². The van der Waals surface area contributed by atoms with Crippen LogP contribution in [0.2, 0.25) is 0 Å². The molecule has 0 spiro atoms. The SMILES string of the molecule is CN[C@@H](C)C(=O)N[C@H](C(=O)N1CCCC1C(=O)N[C@H]1c2ccccc2C[C@H]1OCCCOCCCCCOc1ccc(N2C(=S)N(c3ccc(C#N)c(C(F)(F)F)c3)C(=O)C2(C)C)cc1)C(C)(C)C. The third kappa shape index (κ3) is 12.2. The summed E-state index contributed by atoms with van der Waals surface area (Å²) in [7, 11) is 1.69. The molecular weight excluding hydrogens is 912 g/mol. The number of halogens is 3. The number of nitrogens with zero attached hydrogens (tertiary/aromatic N) is 4. The number of thiocarbonyl (C=S) groups is 1. The Balaban J connectivity index is 0.908. The Kier molecular flexibility index (Phi) is 17.1. The number of nitriles is 1. The average molecular weight is 976 g/mol. The lowest BCUT2D eigenvalue weighted by Crippen LogP contribution is -2.59. The van der Waals surface area contributed by atoms with Gasteiger partial charge in [0.1, 0.15) is 23.4 Å². The first-order chi connectivity index (χ1) is 32.7. The van der Waals surface area contributed by atoms with Gasteiger partial charge in [-0.25, -0.2) is 0 Å². The fourth-order valence-corrected chi connectivity index (χ4v) is 9.49. The molecular formula is C51H64F3N7O7S. The van der Waals surface area contributed by atoms with E-state index in [0.717, 1.165) is 47.4 Å². The normalized spacial score (nSPS) is 19.8. The molecule has 2 aliphatic heterocycles. The van der Waals surface area contributed by atoms with E-state index >= 15 is 0 Å². The Morgan fingerprint density at radius 1 is 0.942 bits per heavy atom. The molecule has 69 heavy (non-hydrogen) atoms. The highest BCUT2D eigenvalue weighted by Crippen LogP contribution is 2.40. The lowest BCUT2D eigenvalue weighted by molar-refractivity contribution is -0.144. The summed E-state index contributed by atoms with van der Waals surface area (Å²) >= 11 is 5.64. The summed E-state index contributed by atoms with van der Waals surface area (Å²) in [5.41, 5.74) is -0.874. The number of fused-ring (bicyclic) bond motifs is 1. The molecule has 6 rings (SSSR count). The lowest BCUT2D eigenvalue weighted by atomic mass is 9.85. The van der Waals surface area contributed by atoms with Crippen molar-refractivity contribution in [2.24, 2.45) is 5.41 Å². The standard InChI is InChI=1S/C51H64F3N7O7S/c1-32(56-7)44(62)58-43(49(2,3)4)46(64)59-24-13-17-40(59)45(63)57-42-38-16-10-9-15-33(38)29-41(42)68-28-14-26-66-25-11-8-12-27-67-37-22-20-35(21-23-37)61-48(69)60(47(65)50(61,5)6)36-19-18-34(31-55)39(30-36)51(52,53)54/h9-10,15-16,18-23,30,32,40-43,56H,8,11-14,17,24-29H2,1-7H3,(H,57,63)(H,58,62)/t32-,40?,41+,42-,43+/m0/s1. The van der Waals surface area contributed by atoms with Crippen molar-refractivity contribution in [2.45, 2.75) is 128 Å². The van der Waals surface area contributed by atoms with Crippen LogP contribution in [0, 0.1) is 16.7 Å². The predicted octanol–water partition coefficient (Wildman–Crippen LogP) is 7.38. The van der Waals surface area contributed by atoms with Crippen molar-refractivity contribution in [2.75, 3.05) is 49.8 Å². The van der Waals surface area contributed by atoms with Crippen LogP contribution in [0.25, 0.3) is 0 Å². The number of likely N-dealkylation sites (tertiary alicyclic amines) is 1. The first-order valence-corrected chi connectivity index (χ1v) is 24.0. The van der Waals surface area contributed by atoms with E-state index in [1.54, 1.807) is 68.0 Å². The second-order valence-electron chi connectivity index (χ2n) is 19.3. The van der Waals surface area contributed by atoms with Crippen LogP contribution < -0.4 is 30.5 Å². The number of hydrogen-bond donors (Lipinski definition) is 3. The van der Waals surface area contributed by atoms with E-state index in [2.05, 4.69) is 16.0 Å². The summed E-state index contributed by atoms with van der Waals surface area (Å²) in [5, 5.41) is 18.3. The van der Waals surface area contributed by atoms with Gasteiger partial charge in [0.2, 0.25) is 17.7 Å². The second kappa shape index (κ2) is 22.4. The largest absolute Gasteiger partial charge is 0.494 e. The second-order valence-corrected chi connectivity index (χ2v) is 19.7. The summed E-state index contributed by atoms with van der Waals surface area (Å²) in [4.78, 5) is 58.7. The van der Waals surface area contributed by atoms with Crippen LogP contribution in [0.15, 0.2) is 66.7 Å². The number of carbonyl (C=O) groups is 4. The molecule has 4 amide bonds. The molecule has 0 aromatic heterocycles. The molecule has 1 unspecified atom stereocenters. The Morgan fingerprint density at radius 2 is 1.62 bits per heavy atom. The van der Waals surface area contributed by atoms with E-state index < -0.39 is 52.3 Å². The van der Waals surface area contributed by atoms with Gasteiger partial charge in [-0.3, -0.25) is 24.1 Å². The average Bonchev–Trinajstić information content (AvgIpc) is 3.99. The Morgan fingerprint density at radius 3 is 2.30 bits per heavy atom. The highest BCUT2D eigenvalue weighted by atomic mass is 32.1. The van der Waals surface area contributed by atoms with Gasteiger partial charge in [0.05, 0.1) is 47.7 Å². The molecule has 372 valence electrons. The van der Waals surface area contributed by atoms with Crippen molar-refractivity contribution in [1.29, 1.82) is 5.26 Å². The molecule has 0 saturated carbocycles. The zero-order valence-electron chi connectivity index (χ0n) is 40.4. The maximum Gasteiger partial charge on any atom is 0.417 e. The lowest BCUT2D eigenvalue weighted by Gasteiger charge is -2.36. The number of ether oxygens (including phenoxy) is 3. The molecule has 2 saturated heterocycles. The Bertz CT molecular complexity index is 2390. The first kappa shape index (κ1) is 52.8. The van der Waals surface area contributed by atoms with Gasteiger partial charge in [-0.2, -0.15) is 18.4 Å². The van der Waals surface area contributed by atoms with Crippen LogP contribution in [-0.4, -0.2) is 103 Å². The number of unbranched alkanes of at least 4 members (excludes halogenated alkanes) is 2. The highest BCUT2D eigenvalue weighted by molar-refractivity contribution is 7.81. The quantitative estimate of drug-likeness (QED) is 0.0765. The van der Waals surface area contributed by atoms with E-state index in [-0.39, 0.29) is 40.7 Å². The number of likely N-dealkylation sites (N-methyl/N-ethyl adjacent to an activating group) is 1. The van der Waals surface area contributed by atoms with E-state index in [1.807, 2.05) is 45.0 Å². The third-order valence-electron chi connectivity index (χ3n) is 13.0. The van der Waals surface area contributed by atoms with Gasteiger partial charge in [0, 0.05) is 38.5 Å². The van der Waals surface area contributed by atoms with Crippen LogP contribution in [0.4, 0.5) is 24.5 Å². The molecule has 2 heterocycles. The van der Waals surface area contributed by atoms with Crippen molar-refractivity contribution in [3.63, 3.8) is 0 Å². The maximum atomic E-state index is 14.0. The molecule has 0 bridgehead atoms. The molecule has 0 radical (unpaired) electrons. The van der Waals surface area contributed by atoms with Gasteiger partial charge < -0.3 is 40.0 Å². The maximum absolute atomic E-state index is 14.0. The van der Waals surface area contributed by atoms with Crippen molar-refractivity contribution in [3.05, 3.63) is 89.0 Å². The summed E-state index contributed by atoms with van der Waals surface area (Å²) in [6.07, 6.45) is -0.0459. The molecule has 18 heteroatoms. The van der Waals surface area contributed by atoms with Crippen LogP contribution in [-0.2, 0) is 41.2 Å². The van der Waals surface area contributed by atoms with Crippen molar-refractivity contribution < 1.29 is 46.6 Å². The van der Waals surface area contributed by atoms with Gasteiger partial charge in [0.25, 0.3) is 5.91 Å². The van der Waals surface area contributed by atoms with E-state index in [1.165, 1.54) is 6.07 Å². The van der Waals surface area contributed by atoms with Crippen molar-refractivity contribution in [1.82, 2.24) is 20.9 Å². The first-order valence-electron chi connectivity index (χ1n) is 23.6. The minimum absolute atomic E-state index is 0.0128. The monoisotopic (exact) mass is 975 g/mol. The van der Waals surface area contributed by atoms with E-state index in [4.69, 9.17) is 26.4 Å². The number of alkyl halides is 3. The molecule has 3 aliphatic rings. The van der Waals surface area contributed by atoms with Gasteiger partial charge in [-0.15, -0.1) is 0 Å².